The van der Waals surface area contributed by atoms with E-state index in [4.69, 9.17) is 9.84 Å². The van der Waals surface area contributed by atoms with Crippen LogP contribution in [0.25, 0.3) is 0 Å². The van der Waals surface area contributed by atoms with Crippen molar-refractivity contribution in [2.24, 2.45) is 0 Å². The number of methoxy groups -OCH3 is 1. The lowest BCUT2D eigenvalue weighted by Crippen LogP contribution is -2.36. The van der Waals surface area contributed by atoms with Gasteiger partial charge in [-0.2, -0.15) is 0 Å². The van der Waals surface area contributed by atoms with Gasteiger partial charge in [-0.3, -0.25) is 4.79 Å². The highest BCUT2D eigenvalue weighted by Gasteiger charge is 2.15. The topological polar surface area (TPSA) is 84.3 Å². The van der Waals surface area contributed by atoms with Crippen LogP contribution in [-0.4, -0.2) is 34.2 Å². The van der Waals surface area contributed by atoms with Gasteiger partial charge in [0.2, 0.25) is 0 Å². The molecule has 1 atom stereocenters. The van der Waals surface area contributed by atoms with Crippen LogP contribution in [0.4, 0.5) is 0 Å². The molecule has 0 saturated carbocycles. The van der Waals surface area contributed by atoms with E-state index < -0.39 is 12.0 Å². The zero-order valence-corrected chi connectivity index (χ0v) is 10.7. The summed E-state index contributed by atoms with van der Waals surface area (Å²) in [5.74, 6) is -0.821. The molecule has 0 aliphatic heterocycles. The number of nitrogens with one attached hydrogen (secondary N) is 1. The molecule has 0 aliphatic carbocycles. The Morgan fingerprint density at radius 2 is 2.17 bits per heavy atom. The van der Waals surface area contributed by atoms with E-state index in [0.29, 0.717) is 19.0 Å². The minimum Gasteiger partial charge on any atom is -0.480 e. The summed E-state index contributed by atoms with van der Waals surface area (Å²) >= 11 is 0. The number of carboxylic acid groups (broad SMARTS) is 1. The molecule has 6 nitrogen and oxygen atoms in total. The molecule has 1 aromatic heterocycles. The zero-order chi connectivity index (χ0) is 13.4. The van der Waals surface area contributed by atoms with Gasteiger partial charge in [-0.15, -0.1) is 0 Å². The second-order valence-electron chi connectivity index (χ2n) is 3.99. The predicted molar refractivity (Wildman–Crippen MR) is 66.4 cm³/mol. The molecule has 0 bridgehead atoms. The van der Waals surface area contributed by atoms with Crippen molar-refractivity contribution in [3.63, 3.8) is 0 Å². The van der Waals surface area contributed by atoms with Crippen molar-refractivity contribution in [2.75, 3.05) is 7.11 Å². The molecular weight excluding hydrogens is 234 g/mol. The molecule has 0 radical (unpaired) electrons. The van der Waals surface area contributed by atoms with Crippen LogP contribution >= 0.6 is 0 Å². The number of carbonyl (C=O) groups is 1. The summed E-state index contributed by atoms with van der Waals surface area (Å²) in [7, 11) is 1.50. The van der Waals surface area contributed by atoms with Gasteiger partial charge >= 0.3 is 12.0 Å². The van der Waals surface area contributed by atoms with Crippen LogP contribution in [0.2, 0.25) is 0 Å². The van der Waals surface area contributed by atoms with Crippen molar-refractivity contribution in [2.45, 2.75) is 38.8 Å². The lowest BCUT2D eigenvalue weighted by Gasteiger charge is -2.13. The van der Waals surface area contributed by atoms with Crippen LogP contribution in [0, 0.1) is 0 Å². The molecule has 1 rings (SSSR count). The number of nitrogens with zero attached hydrogens (tertiary/aromatic N) is 2. The summed E-state index contributed by atoms with van der Waals surface area (Å²) in [4.78, 5) is 18.9. The van der Waals surface area contributed by atoms with E-state index in [2.05, 4.69) is 15.3 Å². The molecule has 0 unspecified atom stereocenters. The van der Waals surface area contributed by atoms with Crippen LogP contribution < -0.4 is 10.1 Å². The van der Waals surface area contributed by atoms with E-state index >= 15 is 0 Å². The van der Waals surface area contributed by atoms with Gasteiger partial charge in [0.1, 0.15) is 6.04 Å². The number of hydrogen-bond acceptors (Lipinski definition) is 5. The summed E-state index contributed by atoms with van der Waals surface area (Å²) in [6.45, 7) is 2.47. The van der Waals surface area contributed by atoms with Crippen molar-refractivity contribution in [1.82, 2.24) is 15.3 Å². The largest absolute Gasteiger partial charge is 0.480 e. The Morgan fingerprint density at radius 3 is 2.67 bits per heavy atom. The van der Waals surface area contributed by atoms with Gasteiger partial charge in [-0.05, 0) is 6.42 Å². The first-order valence-electron chi connectivity index (χ1n) is 5.98. The first-order valence-corrected chi connectivity index (χ1v) is 5.98. The number of carboxylic acids is 1. The fraction of sp³-hybridized carbons (Fsp3) is 0.583. The summed E-state index contributed by atoms with van der Waals surface area (Å²) in [5.41, 5.74) is 0.832. The quantitative estimate of drug-likeness (QED) is 0.724. The monoisotopic (exact) mass is 253 g/mol. The van der Waals surface area contributed by atoms with Crippen LogP contribution in [-0.2, 0) is 11.3 Å². The molecule has 0 aromatic carbocycles. The molecule has 6 heteroatoms. The Hall–Kier alpha value is -1.69. The highest BCUT2D eigenvalue weighted by atomic mass is 16.5. The van der Waals surface area contributed by atoms with Gasteiger partial charge in [-0.25, -0.2) is 9.97 Å². The number of aromatic nitrogens is 2. The lowest BCUT2D eigenvalue weighted by atomic mass is 10.1. The molecule has 0 aliphatic rings. The summed E-state index contributed by atoms with van der Waals surface area (Å²) in [6, 6.07) is -0.216. The normalized spacial score (nSPS) is 12.1. The number of aliphatic carboxylic acids is 1. The van der Waals surface area contributed by atoms with E-state index in [1.165, 1.54) is 7.11 Å². The third-order valence-corrected chi connectivity index (χ3v) is 2.56. The maximum absolute atomic E-state index is 11.0. The molecule has 0 saturated heterocycles. The van der Waals surface area contributed by atoms with Crippen LogP contribution in [0.5, 0.6) is 6.01 Å². The average molecular weight is 253 g/mol. The zero-order valence-electron chi connectivity index (χ0n) is 10.7. The van der Waals surface area contributed by atoms with Crippen molar-refractivity contribution in [1.29, 1.82) is 0 Å². The molecule has 2 N–H and O–H groups in total. The first kappa shape index (κ1) is 14.4. The van der Waals surface area contributed by atoms with E-state index in [1.807, 2.05) is 6.92 Å². The highest BCUT2D eigenvalue weighted by Crippen LogP contribution is 2.04. The number of hydrogen-bond donors (Lipinski definition) is 2. The SMILES string of the molecule is CCCC[C@H](NCc1cnc(OC)nc1)C(=O)O. The summed E-state index contributed by atoms with van der Waals surface area (Å²) < 4.78 is 4.85. The third-order valence-electron chi connectivity index (χ3n) is 2.56. The summed E-state index contributed by atoms with van der Waals surface area (Å²) in [5, 5.41) is 12.0. The summed E-state index contributed by atoms with van der Waals surface area (Å²) in [6.07, 6.45) is 5.75. The van der Waals surface area contributed by atoms with Gasteiger partial charge in [0.05, 0.1) is 7.11 Å². The van der Waals surface area contributed by atoms with Gasteiger partial charge in [0.25, 0.3) is 0 Å². The molecule has 18 heavy (non-hydrogen) atoms. The Bertz CT molecular complexity index is 367. The van der Waals surface area contributed by atoms with Crippen molar-refractivity contribution in [3.8, 4) is 6.01 Å². The first-order chi connectivity index (χ1) is 8.67. The van der Waals surface area contributed by atoms with Crippen molar-refractivity contribution < 1.29 is 14.6 Å². The number of unbranched alkanes of at least 4 members (excludes halogenated alkanes) is 1. The third kappa shape index (κ3) is 4.67. The Balaban J connectivity index is 2.47. The average Bonchev–Trinajstić information content (AvgIpc) is 2.39. The Kier molecular flexibility index (Phi) is 6.07. The van der Waals surface area contributed by atoms with E-state index in [-0.39, 0.29) is 0 Å². The van der Waals surface area contributed by atoms with Crippen LogP contribution in [0.3, 0.4) is 0 Å². The lowest BCUT2D eigenvalue weighted by molar-refractivity contribution is -0.139. The Morgan fingerprint density at radius 1 is 1.50 bits per heavy atom. The second kappa shape index (κ2) is 7.60. The fourth-order valence-corrected chi connectivity index (χ4v) is 1.50. The second-order valence-corrected chi connectivity index (χ2v) is 3.99. The van der Waals surface area contributed by atoms with Gasteiger partial charge in [0, 0.05) is 24.5 Å². The van der Waals surface area contributed by atoms with Gasteiger partial charge in [0.15, 0.2) is 0 Å². The minimum atomic E-state index is -0.821. The van der Waals surface area contributed by atoms with Crippen LogP contribution in [0.15, 0.2) is 12.4 Å². The maximum Gasteiger partial charge on any atom is 0.320 e. The smallest absolute Gasteiger partial charge is 0.320 e. The fourth-order valence-electron chi connectivity index (χ4n) is 1.50. The van der Waals surface area contributed by atoms with E-state index in [0.717, 1.165) is 18.4 Å². The van der Waals surface area contributed by atoms with Crippen molar-refractivity contribution in [3.05, 3.63) is 18.0 Å². The molecule has 0 amide bonds. The molecule has 100 valence electrons. The van der Waals surface area contributed by atoms with E-state index in [9.17, 15) is 4.79 Å². The van der Waals surface area contributed by atoms with E-state index in [1.54, 1.807) is 12.4 Å². The molecule has 0 spiro atoms. The highest BCUT2D eigenvalue weighted by molar-refractivity contribution is 5.73. The number of ether oxygens (including phenoxy) is 1. The Labute approximate surface area is 106 Å². The standard InChI is InChI=1S/C12H19N3O3/c1-3-4-5-10(11(16)17)13-6-9-7-14-12(18-2)15-8-9/h7-8,10,13H,3-6H2,1-2H3,(H,16,17)/t10-/m0/s1. The maximum atomic E-state index is 11.0. The predicted octanol–water partition coefficient (Wildman–Crippen LogP) is 1.22. The molecule has 0 fully saturated rings. The molecular formula is C12H19N3O3. The van der Waals surface area contributed by atoms with Crippen LogP contribution in [0.1, 0.15) is 31.7 Å². The number of rotatable bonds is 8. The minimum absolute atomic E-state index is 0.305. The van der Waals surface area contributed by atoms with Crippen molar-refractivity contribution >= 4 is 5.97 Å². The molecule has 1 aromatic rings. The van der Waals surface area contributed by atoms with Gasteiger partial charge < -0.3 is 15.2 Å². The van der Waals surface area contributed by atoms with Gasteiger partial charge in [-0.1, -0.05) is 19.8 Å². The molecule has 1 heterocycles.